The fraction of sp³-hybridized carbons (Fsp3) is 0. The van der Waals surface area contributed by atoms with E-state index in [1.54, 1.807) is 0 Å². The number of fused-ring (bicyclic) bond motifs is 6. The largest absolute Gasteiger partial charge is 0.0616 e. The summed E-state index contributed by atoms with van der Waals surface area (Å²) < 4.78 is 0. The van der Waals surface area contributed by atoms with Crippen molar-refractivity contribution in [3.8, 4) is 33.4 Å². The highest BCUT2D eigenvalue weighted by Gasteiger charge is 2.18. The van der Waals surface area contributed by atoms with Gasteiger partial charge in [-0.3, -0.25) is 0 Å². The first-order chi connectivity index (χ1) is 25.8. The van der Waals surface area contributed by atoms with Gasteiger partial charge in [0.05, 0.1) is 0 Å². The van der Waals surface area contributed by atoms with Gasteiger partial charge in [0.2, 0.25) is 0 Å². The molecule has 0 saturated carbocycles. The van der Waals surface area contributed by atoms with Gasteiger partial charge >= 0.3 is 0 Å². The SMILES string of the molecule is C(=Cc1ccc(-c2c3ccccc3c(-c3cc4ccccc4c4ccccc34)c3ccccc23)cc1)c1ccc(-c2cccc3ccccc23)cc1. The summed E-state index contributed by atoms with van der Waals surface area (Å²) in [4.78, 5) is 0. The maximum absolute atomic E-state index is 2.39. The highest BCUT2D eigenvalue weighted by atomic mass is 14.2. The Hall–Kier alpha value is -6.76. The van der Waals surface area contributed by atoms with E-state index >= 15 is 0 Å². The molecule has 0 aliphatic carbocycles. The van der Waals surface area contributed by atoms with Gasteiger partial charge in [-0.15, -0.1) is 0 Å². The molecule has 10 rings (SSSR count). The summed E-state index contributed by atoms with van der Waals surface area (Å²) in [5, 5.41) is 12.7. The van der Waals surface area contributed by atoms with Crippen molar-refractivity contribution in [1.82, 2.24) is 0 Å². The van der Waals surface area contributed by atoms with Crippen molar-refractivity contribution in [2.75, 3.05) is 0 Å². The summed E-state index contributed by atoms with van der Waals surface area (Å²) in [5.41, 5.74) is 9.93. The summed E-state index contributed by atoms with van der Waals surface area (Å²) in [6.07, 6.45) is 4.41. The molecule has 0 saturated heterocycles. The van der Waals surface area contributed by atoms with E-state index in [1.807, 2.05) is 0 Å². The van der Waals surface area contributed by atoms with E-state index in [9.17, 15) is 0 Å². The van der Waals surface area contributed by atoms with E-state index in [-0.39, 0.29) is 0 Å². The maximum atomic E-state index is 2.39. The lowest BCUT2D eigenvalue weighted by molar-refractivity contribution is 1.62. The quantitative estimate of drug-likeness (QED) is 0.0981. The van der Waals surface area contributed by atoms with Gasteiger partial charge in [0, 0.05) is 0 Å². The molecule has 0 radical (unpaired) electrons. The summed E-state index contributed by atoms with van der Waals surface area (Å²) in [6, 6.07) is 70.9. The molecular formula is C52H34. The van der Waals surface area contributed by atoms with Gasteiger partial charge in [-0.2, -0.15) is 0 Å². The zero-order valence-electron chi connectivity index (χ0n) is 28.6. The standard InChI is InChI=1S/C52H34/c1-3-15-41-37(12-1)14-11-23-42(41)38-30-26-35(27-31-38)24-25-36-28-32-39(33-29-36)51-46-19-7-9-21-48(46)52(49-22-10-8-20-47(49)51)50-34-40-13-2-4-16-43(40)44-17-5-6-18-45(44)50/h1-34H. The van der Waals surface area contributed by atoms with Crippen LogP contribution in [0.25, 0.3) is 99.4 Å². The molecule has 0 heterocycles. The first-order valence-corrected chi connectivity index (χ1v) is 18.0. The lowest BCUT2D eigenvalue weighted by Crippen LogP contribution is -1.92. The van der Waals surface area contributed by atoms with Crippen LogP contribution in [0.1, 0.15) is 11.1 Å². The molecule has 0 N–H and O–H groups in total. The first-order valence-electron chi connectivity index (χ1n) is 18.0. The third-order valence-corrected chi connectivity index (χ3v) is 10.6. The second-order valence-electron chi connectivity index (χ2n) is 13.6. The summed E-state index contributed by atoms with van der Waals surface area (Å²) >= 11 is 0. The molecule has 0 fully saturated rings. The van der Waals surface area contributed by atoms with E-state index < -0.39 is 0 Å². The Balaban J connectivity index is 1.04. The molecule has 0 atom stereocenters. The molecule has 0 spiro atoms. The van der Waals surface area contributed by atoms with Crippen LogP contribution in [-0.4, -0.2) is 0 Å². The molecule has 52 heavy (non-hydrogen) atoms. The van der Waals surface area contributed by atoms with Crippen LogP contribution in [0.2, 0.25) is 0 Å². The van der Waals surface area contributed by atoms with Crippen molar-refractivity contribution in [3.63, 3.8) is 0 Å². The average molecular weight is 659 g/mol. The molecule has 0 nitrogen and oxygen atoms in total. The molecule has 0 aliphatic heterocycles. The van der Waals surface area contributed by atoms with Crippen molar-refractivity contribution in [3.05, 3.63) is 205 Å². The topological polar surface area (TPSA) is 0 Å². The van der Waals surface area contributed by atoms with Crippen LogP contribution < -0.4 is 0 Å². The highest BCUT2D eigenvalue weighted by Crippen LogP contribution is 2.46. The molecule has 0 heteroatoms. The Labute approximate surface area is 303 Å². The fourth-order valence-electron chi connectivity index (χ4n) is 8.19. The summed E-state index contributed by atoms with van der Waals surface area (Å²) in [5.74, 6) is 0. The molecule has 0 aromatic heterocycles. The van der Waals surface area contributed by atoms with E-state index in [4.69, 9.17) is 0 Å². The van der Waals surface area contributed by atoms with E-state index in [1.165, 1.54) is 98.4 Å². The minimum atomic E-state index is 1.18. The molecule has 0 amide bonds. The zero-order chi connectivity index (χ0) is 34.4. The molecule has 10 aromatic rings. The van der Waals surface area contributed by atoms with Gasteiger partial charge in [-0.05, 0) is 104 Å². The lowest BCUT2D eigenvalue weighted by atomic mass is 9.84. The molecule has 0 bridgehead atoms. The van der Waals surface area contributed by atoms with E-state index in [0.717, 1.165) is 0 Å². The third kappa shape index (κ3) is 5.08. The number of rotatable bonds is 5. The predicted octanol–water partition coefficient (Wildman–Crippen LogP) is 14.6. The zero-order valence-corrected chi connectivity index (χ0v) is 28.6. The van der Waals surface area contributed by atoms with Gasteiger partial charge in [0.25, 0.3) is 0 Å². The maximum Gasteiger partial charge on any atom is -0.00199 e. The monoisotopic (exact) mass is 658 g/mol. The van der Waals surface area contributed by atoms with E-state index in [0.29, 0.717) is 0 Å². The van der Waals surface area contributed by atoms with Crippen LogP contribution in [0, 0.1) is 0 Å². The minimum absolute atomic E-state index is 1.18. The fourth-order valence-corrected chi connectivity index (χ4v) is 8.19. The van der Waals surface area contributed by atoms with Gasteiger partial charge in [-0.1, -0.05) is 200 Å². The second kappa shape index (κ2) is 12.5. The second-order valence-corrected chi connectivity index (χ2v) is 13.6. The Morgan fingerprint density at radius 1 is 0.250 bits per heavy atom. The first kappa shape index (κ1) is 30.1. The lowest BCUT2D eigenvalue weighted by Gasteiger charge is -2.19. The molecule has 0 aliphatic rings. The van der Waals surface area contributed by atoms with Crippen molar-refractivity contribution in [1.29, 1.82) is 0 Å². The minimum Gasteiger partial charge on any atom is -0.0616 e. The normalized spacial score (nSPS) is 11.8. The number of benzene rings is 10. The summed E-state index contributed by atoms with van der Waals surface area (Å²) in [7, 11) is 0. The molecule has 10 aromatic carbocycles. The van der Waals surface area contributed by atoms with Crippen molar-refractivity contribution >= 4 is 66.0 Å². The van der Waals surface area contributed by atoms with Crippen molar-refractivity contribution < 1.29 is 0 Å². The highest BCUT2D eigenvalue weighted by molar-refractivity contribution is 6.25. The van der Waals surface area contributed by atoms with Gasteiger partial charge in [0.1, 0.15) is 0 Å². The van der Waals surface area contributed by atoms with Crippen LogP contribution in [0.5, 0.6) is 0 Å². The van der Waals surface area contributed by atoms with Crippen LogP contribution in [0.4, 0.5) is 0 Å². The third-order valence-electron chi connectivity index (χ3n) is 10.6. The average Bonchev–Trinajstić information content (AvgIpc) is 3.22. The van der Waals surface area contributed by atoms with Gasteiger partial charge in [-0.25, -0.2) is 0 Å². The molecule has 0 unspecified atom stereocenters. The molecular weight excluding hydrogens is 625 g/mol. The van der Waals surface area contributed by atoms with Crippen molar-refractivity contribution in [2.45, 2.75) is 0 Å². The van der Waals surface area contributed by atoms with Crippen LogP contribution >= 0.6 is 0 Å². The smallest absolute Gasteiger partial charge is 0.00199 e. The Morgan fingerprint density at radius 3 is 1.31 bits per heavy atom. The predicted molar refractivity (Wildman–Crippen MR) is 226 cm³/mol. The number of hydrogen-bond donors (Lipinski definition) is 0. The van der Waals surface area contributed by atoms with Gasteiger partial charge in [0.15, 0.2) is 0 Å². The molecule has 242 valence electrons. The van der Waals surface area contributed by atoms with Crippen LogP contribution in [0.3, 0.4) is 0 Å². The number of hydrogen-bond acceptors (Lipinski definition) is 0. The summed E-state index contributed by atoms with van der Waals surface area (Å²) in [6.45, 7) is 0. The van der Waals surface area contributed by atoms with Crippen LogP contribution in [0.15, 0.2) is 194 Å². The van der Waals surface area contributed by atoms with Crippen molar-refractivity contribution in [2.24, 2.45) is 0 Å². The Morgan fingerprint density at radius 2 is 0.692 bits per heavy atom. The Bertz CT molecular complexity index is 2920. The van der Waals surface area contributed by atoms with Crippen LogP contribution in [-0.2, 0) is 0 Å². The van der Waals surface area contributed by atoms with E-state index in [2.05, 4.69) is 206 Å². The Kier molecular flexibility index (Phi) is 7.25. The van der Waals surface area contributed by atoms with Gasteiger partial charge < -0.3 is 0 Å².